The van der Waals surface area contributed by atoms with Gasteiger partial charge in [0.05, 0.1) is 32.4 Å². The second-order valence-electron chi connectivity index (χ2n) is 14.7. The van der Waals surface area contributed by atoms with E-state index in [4.69, 9.17) is 9.47 Å². The molecule has 284 valence electrons. The fraction of sp³-hybridized carbons (Fsp3) is 0.575. The molecule has 0 radical (unpaired) electrons. The number of epoxide rings is 1. The Morgan fingerprint density at radius 1 is 0.769 bits per heavy atom. The summed E-state index contributed by atoms with van der Waals surface area (Å²) in [4.78, 5) is 70.6. The first-order chi connectivity index (χ1) is 24.9. The molecule has 12 heteroatoms. The molecule has 0 aromatic heterocycles. The minimum atomic E-state index is -1.03. The van der Waals surface area contributed by atoms with Crippen LogP contribution in [0.4, 0.5) is 0 Å². The number of aryl methyl sites for hydroxylation is 1. The third-order valence-corrected chi connectivity index (χ3v) is 9.83. The molecule has 1 unspecified atom stereocenters. The molecule has 2 heterocycles. The average Bonchev–Trinajstić information content (AvgIpc) is 3.90. The zero-order valence-electron chi connectivity index (χ0n) is 31.3. The van der Waals surface area contributed by atoms with Crippen molar-refractivity contribution in [1.82, 2.24) is 26.2 Å². The van der Waals surface area contributed by atoms with Gasteiger partial charge in [-0.15, -0.1) is 0 Å². The van der Waals surface area contributed by atoms with Crippen molar-refractivity contribution in [2.24, 2.45) is 11.8 Å². The number of Topliss-reactive ketones (excluding diaryl/α,β-unsaturated/α-hetero) is 1. The van der Waals surface area contributed by atoms with Crippen LogP contribution in [-0.2, 0) is 46.3 Å². The maximum absolute atomic E-state index is 14.1. The van der Waals surface area contributed by atoms with Crippen LogP contribution in [0.2, 0.25) is 0 Å². The Labute approximate surface area is 308 Å². The van der Waals surface area contributed by atoms with Gasteiger partial charge in [0.1, 0.15) is 23.7 Å². The summed E-state index contributed by atoms with van der Waals surface area (Å²) in [6.07, 6.45) is 1.99. The molecule has 4 rings (SSSR count). The number of carbonyl (C=O) groups excluding carboxylic acids is 5. The largest absolute Gasteiger partial charge is 0.379 e. The molecule has 2 aromatic rings. The zero-order chi connectivity index (χ0) is 37.7. The van der Waals surface area contributed by atoms with Crippen molar-refractivity contribution in [1.29, 1.82) is 0 Å². The summed E-state index contributed by atoms with van der Waals surface area (Å²) < 4.78 is 10.8. The van der Waals surface area contributed by atoms with E-state index in [0.29, 0.717) is 58.6 Å². The lowest BCUT2D eigenvalue weighted by atomic mass is 9.89. The van der Waals surface area contributed by atoms with Gasteiger partial charge in [0.25, 0.3) is 0 Å². The van der Waals surface area contributed by atoms with Gasteiger partial charge in [-0.25, -0.2) is 0 Å². The topological polar surface area (TPSA) is 158 Å². The van der Waals surface area contributed by atoms with Crippen LogP contribution in [0.25, 0.3) is 0 Å². The van der Waals surface area contributed by atoms with Gasteiger partial charge in [0.2, 0.25) is 23.6 Å². The smallest absolute Gasteiger partial charge is 0.243 e. The first-order valence-corrected chi connectivity index (χ1v) is 18.6. The second kappa shape index (κ2) is 19.6. The predicted molar refractivity (Wildman–Crippen MR) is 198 cm³/mol. The highest BCUT2D eigenvalue weighted by molar-refractivity contribution is 5.99. The number of amides is 4. The van der Waals surface area contributed by atoms with E-state index >= 15 is 0 Å². The normalized spacial score (nSPS) is 20.1. The van der Waals surface area contributed by atoms with Crippen molar-refractivity contribution in [3.05, 3.63) is 71.8 Å². The van der Waals surface area contributed by atoms with Crippen molar-refractivity contribution < 1.29 is 33.4 Å². The summed E-state index contributed by atoms with van der Waals surface area (Å²) in [6.45, 7) is 12.2. The van der Waals surface area contributed by atoms with E-state index in [2.05, 4.69) is 21.3 Å². The van der Waals surface area contributed by atoms with Gasteiger partial charge in [-0.3, -0.25) is 28.9 Å². The van der Waals surface area contributed by atoms with Crippen molar-refractivity contribution >= 4 is 29.4 Å². The zero-order valence-corrected chi connectivity index (χ0v) is 31.3. The van der Waals surface area contributed by atoms with Gasteiger partial charge in [-0.05, 0) is 49.1 Å². The lowest BCUT2D eigenvalue weighted by molar-refractivity contribution is -0.135. The summed E-state index contributed by atoms with van der Waals surface area (Å²) in [6, 6.07) is 15.3. The molecule has 0 saturated carbocycles. The van der Waals surface area contributed by atoms with Gasteiger partial charge < -0.3 is 30.7 Å². The Balaban J connectivity index is 1.52. The van der Waals surface area contributed by atoms with Crippen LogP contribution in [0.3, 0.4) is 0 Å². The van der Waals surface area contributed by atoms with Crippen LogP contribution in [0.1, 0.15) is 65.0 Å². The van der Waals surface area contributed by atoms with Crippen LogP contribution in [0, 0.1) is 11.8 Å². The molecule has 2 aromatic carbocycles. The number of ketones is 1. The summed E-state index contributed by atoms with van der Waals surface area (Å²) >= 11 is 0. The van der Waals surface area contributed by atoms with Gasteiger partial charge in [-0.1, -0.05) is 94.8 Å². The number of hydrogen-bond acceptors (Lipinski definition) is 8. The first-order valence-electron chi connectivity index (χ1n) is 18.6. The number of morpholine rings is 1. The van der Waals surface area contributed by atoms with E-state index < -0.39 is 47.5 Å². The average molecular weight is 720 g/mol. The number of benzene rings is 2. The number of hydrogen-bond donors (Lipinski definition) is 4. The Morgan fingerprint density at radius 3 is 1.90 bits per heavy atom. The van der Waals surface area contributed by atoms with E-state index in [1.807, 2.05) is 93.3 Å². The van der Waals surface area contributed by atoms with Crippen LogP contribution in [0.15, 0.2) is 60.7 Å². The maximum atomic E-state index is 14.1. The summed E-state index contributed by atoms with van der Waals surface area (Å²) in [5, 5.41) is 11.7. The Hall–Kier alpha value is -4.13. The van der Waals surface area contributed by atoms with Crippen molar-refractivity contribution in [3.63, 3.8) is 0 Å². The molecule has 2 aliphatic rings. The highest BCUT2D eigenvalue weighted by Gasteiger charge is 2.51. The van der Waals surface area contributed by atoms with Gasteiger partial charge in [-0.2, -0.15) is 0 Å². The van der Waals surface area contributed by atoms with Crippen LogP contribution in [-0.4, -0.2) is 104 Å². The SMILES string of the molecule is CCC(C)[C@H](NC(=O)[C@H](Cc1ccccc1)NC(=O)[C@H](CC(C)C)NC(=O)[C@H](CCc1ccccc1)NC(=O)CN1CCOCC1)C(=O)[C@@]1(C)CO1. The van der Waals surface area contributed by atoms with Gasteiger partial charge in [0, 0.05) is 19.5 Å². The molecule has 4 amide bonds. The number of rotatable bonds is 20. The van der Waals surface area contributed by atoms with E-state index in [9.17, 15) is 24.0 Å². The Bertz CT molecular complexity index is 1480. The number of carbonyl (C=O) groups is 5. The van der Waals surface area contributed by atoms with Gasteiger partial charge in [0.15, 0.2) is 5.78 Å². The van der Waals surface area contributed by atoms with Gasteiger partial charge >= 0.3 is 0 Å². The van der Waals surface area contributed by atoms with Crippen molar-refractivity contribution in [2.75, 3.05) is 39.5 Å². The van der Waals surface area contributed by atoms with Crippen LogP contribution in [0.5, 0.6) is 0 Å². The Kier molecular flexibility index (Phi) is 15.3. The van der Waals surface area contributed by atoms with E-state index in [-0.39, 0.29) is 36.5 Å². The lowest BCUT2D eigenvalue weighted by Crippen LogP contribution is -2.59. The molecule has 2 saturated heterocycles. The van der Waals surface area contributed by atoms with E-state index in [1.54, 1.807) is 6.92 Å². The summed E-state index contributed by atoms with van der Waals surface area (Å²) in [5.41, 5.74) is 0.909. The lowest BCUT2D eigenvalue weighted by Gasteiger charge is -2.29. The second-order valence-corrected chi connectivity index (χ2v) is 14.7. The molecule has 12 nitrogen and oxygen atoms in total. The summed E-state index contributed by atoms with van der Waals surface area (Å²) in [5.74, 6) is -2.12. The highest BCUT2D eigenvalue weighted by Crippen LogP contribution is 2.30. The summed E-state index contributed by atoms with van der Waals surface area (Å²) in [7, 11) is 0. The van der Waals surface area contributed by atoms with Crippen molar-refractivity contribution in [2.45, 2.75) is 96.5 Å². The molecule has 6 atom stereocenters. The number of ether oxygens (including phenoxy) is 2. The van der Waals surface area contributed by atoms with E-state index in [1.165, 1.54) is 0 Å². The first kappa shape index (κ1) is 40.6. The fourth-order valence-corrected chi connectivity index (χ4v) is 6.27. The monoisotopic (exact) mass is 719 g/mol. The third kappa shape index (κ3) is 12.5. The van der Waals surface area contributed by atoms with E-state index in [0.717, 1.165) is 11.1 Å². The number of nitrogens with one attached hydrogen (secondary N) is 4. The molecule has 52 heavy (non-hydrogen) atoms. The molecule has 2 aliphatic heterocycles. The van der Waals surface area contributed by atoms with Crippen molar-refractivity contribution in [3.8, 4) is 0 Å². The molecule has 0 bridgehead atoms. The molecular formula is C40H57N5O7. The molecule has 0 spiro atoms. The standard InChI is InChI=1S/C40H57N5O7/c1-6-28(4)35(36(47)40(5)26-52-40)44-39(50)33(24-30-15-11-8-12-16-30)43-38(49)32(23-27(2)3)42-37(48)31(18-17-29-13-9-7-10-14-29)41-34(46)25-45-19-21-51-22-20-45/h7-16,27-28,31-33,35H,6,17-26H2,1-5H3,(H,41,46)(H,42,48)(H,43,49)(H,44,50)/t28?,31-,32-,33-,35-,40+/m0/s1. The minimum Gasteiger partial charge on any atom is -0.379 e. The third-order valence-electron chi connectivity index (χ3n) is 9.83. The highest BCUT2D eigenvalue weighted by atomic mass is 16.6. The molecule has 0 aliphatic carbocycles. The molecular weight excluding hydrogens is 662 g/mol. The quantitative estimate of drug-likeness (QED) is 0.152. The minimum absolute atomic E-state index is 0.0165. The molecule has 4 N–H and O–H groups in total. The number of nitrogens with zero attached hydrogens (tertiary/aromatic N) is 1. The fourth-order valence-electron chi connectivity index (χ4n) is 6.27. The molecule has 2 fully saturated rings. The van der Waals surface area contributed by atoms with Crippen LogP contribution < -0.4 is 21.3 Å². The van der Waals surface area contributed by atoms with Crippen LogP contribution >= 0.6 is 0 Å². The predicted octanol–water partition coefficient (Wildman–Crippen LogP) is 2.58. The maximum Gasteiger partial charge on any atom is 0.243 e. The Morgan fingerprint density at radius 2 is 1.33 bits per heavy atom.